The summed E-state index contributed by atoms with van der Waals surface area (Å²) in [7, 11) is 0. The van der Waals surface area contributed by atoms with E-state index >= 15 is 0 Å². The highest BCUT2D eigenvalue weighted by molar-refractivity contribution is 5.84. The van der Waals surface area contributed by atoms with Crippen LogP contribution in [0, 0.1) is 0 Å². The molecule has 122 valence electrons. The van der Waals surface area contributed by atoms with Gasteiger partial charge in [0.2, 0.25) is 0 Å². The molecule has 25 heavy (non-hydrogen) atoms. The molecule has 4 aromatic rings. The van der Waals surface area contributed by atoms with E-state index in [9.17, 15) is 0 Å². The van der Waals surface area contributed by atoms with E-state index in [4.69, 9.17) is 4.74 Å². The third-order valence-corrected chi connectivity index (χ3v) is 3.78. The van der Waals surface area contributed by atoms with Gasteiger partial charge in [-0.2, -0.15) is 5.21 Å². The van der Waals surface area contributed by atoms with Crippen molar-refractivity contribution in [2.24, 2.45) is 0 Å². The van der Waals surface area contributed by atoms with Crippen molar-refractivity contribution in [2.75, 3.05) is 0 Å². The summed E-state index contributed by atoms with van der Waals surface area (Å²) < 4.78 is 5.93. The number of tetrazole rings is 1. The molecule has 2 aromatic carbocycles. The number of hydrogen-bond acceptors (Lipinski definition) is 5. The lowest BCUT2D eigenvalue weighted by Crippen LogP contribution is -1.99. The van der Waals surface area contributed by atoms with Crippen molar-refractivity contribution < 1.29 is 4.74 Å². The van der Waals surface area contributed by atoms with Crippen LogP contribution in [0.5, 0.6) is 5.75 Å². The normalized spacial score (nSPS) is 11.2. The molecule has 2 aromatic heterocycles. The molecule has 2 heterocycles. The van der Waals surface area contributed by atoms with Gasteiger partial charge in [0.05, 0.1) is 5.69 Å². The summed E-state index contributed by atoms with van der Waals surface area (Å²) in [6.07, 6.45) is 5.51. The van der Waals surface area contributed by atoms with Gasteiger partial charge in [0.15, 0.2) is 5.82 Å². The van der Waals surface area contributed by atoms with E-state index in [1.165, 1.54) is 0 Å². The van der Waals surface area contributed by atoms with E-state index in [1.54, 1.807) is 6.08 Å². The molecule has 6 nitrogen and oxygen atoms in total. The van der Waals surface area contributed by atoms with Crippen molar-refractivity contribution >= 4 is 22.9 Å². The lowest BCUT2D eigenvalue weighted by molar-refractivity contribution is 0.303. The fourth-order valence-corrected chi connectivity index (χ4v) is 2.57. The molecule has 0 unspecified atom stereocenters. The smallest absolute Gasteiger partial charge is 0.197 e. The van der Waals surface area contributed by atoms with Crippen LogP contribution in [0.1, 0.15) is 17.1 Å². The molecule has 0 saturated carbocycles. The molecular weight excluding hydrogens is 314 g/mol. The average Bonchev–Trinajstić information content (AvgIpc) is 3.19. The number of rotatable bonds is 5. The summed E-state index contributed by atoms with van der Waals surface area (Å²) in [6.45, 7) is 0.416. The van der Waals surface area contributed by atoms with E-state index in [0.29, 0.717) is 12.4 Å². The molecule has 0 fully saturated rings. The molecular formula is C19H15N5O. The van der Waals surface area contributed by atoms with Crippen LogP contribution in [0.15, 0.2) is 60.8 Å². The van der Waals surface area contributed by atoms with Gasteiger partial charge < -0.3 is 4.74 Å². The summed E-state index contributed by atoms with van der Waals surface area (Å²) in [5.41, 5.74) is 1.92. The van der Waals surface area contributed by atoms with Crippen molar-refractivity contribution in [1.29, 1.82) is 0 Å². The van der Waals surface area contributed by atoms with Crippen LogP contribution >= 0.6 is 0 Å². The Hall–Kier alpha value is -3.54. The maximum atomic E-state index is 5.93. The van der Waals surface area contributed by atoms with Crippen LogP contribution < -0.4 is 4.74 Å². The molecule has 6 heteroatoms. The third-order valence-electron chi connectivity index (χ3n) is 3.78. The Bertz CT molecular complexity index is 1010. The largest absolute Gasteiger partial charge is 0.487 e. The van der Waals surface area contributed by atoms with E-state index in [-0.39, 0.29) is 0 Å². The molecule has 0 atom stereocenters. The number of nitrogens with one attached hydrogen (secondary N) is 1. The number of H-pyrrole nitrogens is 1. The molecule has 0 radical (unpaired) electrons. The van der Waals surface area contributed by atoms with Crippen LogP contribution in [-0.2, 0) is 6.61 Å². The van der Waals surface area contributed by atoms with E-state index in [2.05, 4.69) is 37.7 Å². The Morgan fingerprint density at radius 2 is 1.96 bits per heavy atom. The second-order valence-electron chi connectivity index (χ2n) is 5.44. The number of pyridine rings is 1. The van der Waals surface area contributed by atoms with Gasteiger partial charge in [-0.25, -0.2) is 0 Å². The van der Waals surface area contributed by atoms with Crippen LogP contribution in [0.25, 0.3) is 22.9 Å². The minimum atomic E-state index is 0.416. The highest BCUT2D eigenvalue weighted by Gasteiger charge is 2.03. The number of aromatic nitrogens is 5. The van der Waals surface area contributed by atoms with Crippen LogP contribution in [0.2, 0.25) is 0 Å². The van der Waals surface area contributed by atoms with Gasteiger partial charge in [-0.05, 0) is 40.4 Å². The zero-order valence-corrected chi connectivity index (χ0v) is 13.3. The summed E-state index contributed by atoms with van der Waals surface area (Å²) in [4.78, 5) is 4.45. The van der Waals surface area contributed by atoms with E-state index in [1.807, 2.05) is 54.7 Å². The highest BCUT2D eigenvalue weighted by Crippen LogP contribution is 2.20. The predicted octanol–water partition coefficient (Wildman–Crippen LogP) is 3.50. The van der Waals surface area contributed by atoms with Crippen LogP contribution in [-0.4, -0.2) is 25.6 Å². The minimum Gasteiger partial charge on any atom is -0.487 e. The van der Waals surface area contributed by atoms with Crippen molar-refractivity contribution in [3.05, 3.63) is 77.9 Å². The average molecular weight is 329 g/mol. The van der Waals surface area contributed by atoms with Gasteiger partial charge in [0, 0.05) is 11.6 Å². The maximum Gasteiger partial charge on any atom is 0.197 e. The second-order valence-corrected chi connectivity index (χ2v) is 5.44. The van der Waals surface area contributed by atoms with Gasteiger partial charge in [-0.1, -0.05) is 42.5 Å². The first-order chi connectivity index (χ1) is 12.4. The Morgan fingerprint density at radius 1 is 1.00 bits per heavy atom. The van der Waals surface area contributed by atoms with Crippen molar-refractivity contribution in [3.63, 3.8) is 0 Å². The Kier molecular flexibility index (Phi) is 4.16. The van der Waals surface area contributed by atoms with Gasteiger partial charge in [-0.15, -0.1) is 10.2 Å². The lowest BCUT2D eigenvalue weighted by atomic mass is 10.1. The summed E-state index contributed by atoms with van der Waals surface area (Å²) in [6, 6.07) is 18.0. The molecule has 0 aliphatic carbocycles. The summed E-state index contributed by atoms with van der Waals surface area (Å²) >= 11 is 0. The standard InChI is InChI=1S/C19H15N5O/c1-2-7-17-15(5-1)10-11-20-18(17)13-25-16-6-3-4-14(12-16)8-9-19-21-23-24-22-19/h1-12H,13H2,(H,21,22,23,24). The van der Waals surface area contributed by atoms with Crippen LogP contribution in [0.3, 0.4) is 0 Å². The minimum absolute atomic E-state index is 0.416. The van der Waals surface area contributed by atoms with Gasteiger partial charge >= 0.3 is 0 Å². The monoisotopic (exact) mass is 329 g/mol. The fourth-order valence-electron chi connectivity index (χ4n) is 2.57. The number of ether oxygens (including phenoxy) is 1. The van der Waals surface area contributed by atoms with E-state index < -0.39 is 0 Å². The van der Waals surface area contributed by atoms with Crippen molar-refractivity contribution in [3.8, 4) is 5.75 Å². The Labute approximate surface area is 144 Å². The highest BCUT2D eigenvalue weighted by atomic mass is 16.5. The molecule has 1 N–H and O–H groups in total. The Balaban J connectivity index is 1.50. The number of fused-ring (bicyclic) bond motifs is 1. The van der Waals surface area contributed by atoms with Crippen molar-refractivity contribution in [2.45, 2.75) is 6.61 Å². The molecule has 0 amide bonds. The second kappa shape index (κ2) is 6.92. The van der Waals surface area contributed by atoms with Gasteiger partial charge in [-0.3, -0.25) is 4.98 Å². The first kappa shape index (κ1) is 15.0. The molecule has 0 spiro atoms. The SMILES string of the molecule is C(=Cc1nn[nH]n1)c1cccc(OCc2nccc3ccccc23)c1. The van der Waals surface area contributed by atoms with E-state index in [0.717, 1.165) is 27.8 Å². The number of nitrogens with zero attached hydrogens (tertiary/aromatic N) is 4. The zero-order chi connectivity index (χ0) is 16.9. The molecule has 4 rings (SSSR count). The van der Waals surface area contributed by atoms with Crippen molar-refractivity contribution in [1.82, 2.24) is 25.6 Å². The summed E-state index contributed by atoms with van der Waals surface area (Å²) in [5.74, 6) is 1.32. The van der Waals surface area contributed by atoms with Gasteiger partial charge in [0.25, 0.3) is 0 Å². The third kappa shape index (κ3) is 3.53. The number of benzene rings is 2. The fraction of sp³-hybridized carbons (Fsp3) is 0.0526. The Morgan fingerprint density at radius 3 is 2.88 bits per heavy atom. The summed E-state index contributed by atoms with van der Waals surface area (Å²) in [5, 5.41) is 16.0. The number of hydrogen-bond donors (Lipinski definition) is 1. The number of aromatic amines is 1. The van der Waals surface area contributed by atoms with Crippen LogP contribution in [0.4, 0.5) is 0 Å². The predicted molar refractivity (Wildman–Crippen MR) is 95.6 cm³/mol. The van der Waals surface area contributed by atoms with Gasteiger partial charge in [0.1, 0.15) is 12.4 Å². The molecule has 0 bridgehead atoms. The first-order valence-corrected chi connectivity index (χ1v) is 7.85. The maximum absolute atomic E-state index is 5.93. The topological polar surface area (TPSA) is 76.6 Å². The zero-order valence-electron chi connectivity index (χ0n) is 13.3. The lowest BCUT2D eigenvalue weighted by Gasteiger charge is -2.08. The molecule has 0 aliphatic rings. The quantitative estimate of drug-likeness (QED) is 0.606. The first-order valence-electron chi connectivity index (χ1n) is 7.85. The molecule has 0 saturated heterocycles. The molecule has 0 aliphatic heterocycles.